The van der Waals surface area contributed by atoms with E-state index in [4.69, 9.17) is 0 Å². The third kappa shape index (κ3) is 2.61. The Morgan fingerprint density at radius 3 is 2.88 bits per heavy atom. The van der Waals surface area contributed by atoms with E-state index in [0.717, 1.165) is 31.9 Å². The second-order valence-electron chi connectivity index (χ2n) is 4.30. The highest BCUT2D eigenvalue weighted by molar-refractivity contribution is 5.41. The average molecular weight is 217 g/mol. The molecular weight excluding hydrogens is 198 g/mol. The molecule has 1 aliphatic rings. The fraction of sp³-hybridized carbons (Fsp3) is 0.462. The van der Waals surface area contributed by atoms with Crippen molar-refractivity contribution in [3.8, 4) is 0 Å². The first kappa shape index (κ1) is 11.1. The lowest BCUT2D eigenvalue weighted by molar-refractivity contribution is 0.770. The highest BCUT2D eigenvalue weighted by Gasteiger charge is 2.10. The van der Waals surface area contributed by atoms with Gasteiger partial charge in [0, 0.05) is 25.8 Å². The molecule has 0 spiro atoms. The van der Waals surface area contributed by atoms with Crippen LogP contribution in [-0.2, 0) is 6.54 Å². The molecule has 2 rings (SSSR count). The lowest BCUT2D eigenvalue weighted by Gasteiger charge is -2.26. The number of pyridine rings is 1. The predicted octanol–water partition coefficient (Wildman–Crippen LogP) is 1.96. The van der Waals surface area contributed by atoms with Gasteiger partial charge in [-0.25, -0.2) is 4.98 Å². The number of hydrogen-bond donors (Lipinski definition) is 1. The number of nitrogens with one attached hydrogen (secondary N) is 1. The first-order valence-corrected chi connectivity index (χ1v) is 5.79. The third-order valence-corrected chi connectivity index (χ3v) is 2.95. The van der Waals surface area contributed by atoms with Gasteiger partial charge in [-0.3, -0.25) is 0 Å². The zero-order chi connectivity index (χ0) is 11.4. The Morgan fingerprint density at radius 1 is 1.44 bits per heavy atom. The van der Waals surface area contributed by atoms with Crippen molar-refractivity contribution in [3.05, 3.63) is 35.5 Å². The van der Waals surface area contributed by atoms with Crippen molar-refractivity contribution in [2.75, 3.05) is 25.0 Å². The Labute approximate surface area is 97.2 Å². The second kappa shape index (κ2) is 5.12. The molecule has 2 heterocycles. The van der Waals surface area contributed by atoms with Crippen LogP contribution in [0, 0.1) is 0 Å². The van der Waals surface area contributed by atoms with E-state index in [1.807, 2.05) is 13.2 Å². The largest absolute Gasteiger partial charge is 0.353 e. The molecule has 1 aromatic rings. The summed E-state index contributed by atoms with van der Waals surface area (Å²) in [5, 5.41) is 3.13. The molecule has 0 atom stereocenters. The fourth-order valence-electron chi connectivity index (χ4n) is 1.89. The van der Waals surface area contributed by atoms with Crippen LogP contribution in [0.15, 0.2) is 30.0 Å². The van der Waals surface area contributed by atoms with E-state index in [0.29, 0.717) is 0 Å². The van der Waals surface area contributed by atoms with E-state index in [1.165, 1.54) is 11.1 Å². The van der Waals surface area contributed by atoms with Crippen molar-refractivity contribution < 1.29 is 0 Å². The van der Waals surface area contributed by atoms with E-state index in [2.05, 4.69) is 40.3 Å². The summed E-state index contributed by atoms with van der Waals surface area (Å²) in [6, 6.07) is 4.26. The molecule has 0 saturated carbocycles. The van der Waals surface area contributed by atoms with Gasteiger partial charge in [0.05, 0.1) is 0 Å². The number of aromatic nitrogens is 1. The van der Waals surface area contributed by atoms with Gasteiger partial charge in [0.15, 0.2) is 0 Å². The average Bonchev–Trinajstić information content (AvgIpc) is 2.32. The molecule has 1 aliphatic heterocycles. The molecule has 0 aliphatic carbocycles. The minimum atomic E-state index is 0.881. The molecule has 1 aromatic heterocycles. The summed E-state index contributed by atoms with van der Waals surface area (Å²) >= 11 is 0. The number of anilines is 1. The zero-order valence-electron chi connectivity index (χ0n) is 10.0. The molecule has 16 heavy (non-hydrogen) atoms. The lowest BCUT2D eigenvalue weighted by atomic mass is 10.1. The van der Waals surface area contributed by atoms with Crippen molar-refractivity contribution in [3.63, 3.8) is 0 Å². The monoisotopic (exact) mass is 217 g/mol. The molecular formula is C13H19N3. The van der Waals surface area contributed by atoms with Crippen LogP contribution in [0.5, 0.6) is 0 Å². The third-order valence-electron chi connectivity index (χ3n) is 2.95. The van der Waals surface area contributed by atoms with E-state index < -0.39 is 0 Å². The van der Waals surface area contributed by atoms with Crippen LogP contribution in [0.2, 0.25) is 0 Å². The smallest absolute Gasteiger partial charge is 0.128 e. The number of hydrogen-bond acceptors (Lipinski definition) is 3. The summed E-state index contributed by atoms with van der Waals surface area (Å²) in [5.41, 5.74) is 2.72. The van der Waals surface area contributed by atoms with Crippen LogP contribution in [0.4, 0.5) is 5.82 Å². The Kier molecular flexibility index (Phi) is 3.57. The predicted molar refractivity (Wildman–Crippen MR) is 67.6 cm³/mol. The minimum absolute atomic E-state index is 0.881. The molecule has 0 aromatic carbocycles. The molecule has 0 fully saturated rings. The van der Waals surface area contributed by atoms with E-state index in [-0.39, 0.29) is 0 Å². The fourth-order valence-corrected chi connectivity index (χ4v) is 1.89. The standard InChI is InChI=1S/C13H19N3/c1-11-5-7-16(8-6-11)13-4-3-12(9-14-2)10-15-13/h3-5,10,14H,6-9H2,1-2H3. The zero-order valence-corrected chi connectivity index (χ0v) is 10.0. The first-order valence-electron chi connectivity index (χ1n) is 5.79. The van der Waals surface area contributed by atoms with Crippen LogP contribution in [0.3, 0.4) is 0 Å². The SMILES string of the molecule is CNCc1ccc(N2CC=C(C)CC2)nc1. The van der Waals surface area contributed by atoms with E-state index in [9.17, 15) is 0 Å². The van der Waals surface area contributed by atoms with Crippen molar-refractivity contribution in [2.24, 2.45) is 0 Å². The summed E-state index contributed by atoms with van der Waals surface area (Å²) in [5.74, 6) is 1.09. The Hall–Kier alpha value is -1.35. The van der Waals surface area contributed by atoms with Gasteiger partial charge in [0.25, 0.3) is 0 Å². The van der Waals surface area contributed by atoms with Gasteiger partial charge in [-0.1, -0.05) is 17.7 Å². The second-order valence-corrected chi connectivity index (χ2v) is 4.30. The summed E-state index contributed by atoms with van der Waals surface area (Å²) in [4.78, 5) is 6.82. The lowest BCUT2D eigenvalue weighted by Crippen LogP contribution is -2.28. The molecule has 0 amide bonds. The quantitative estimate of drug-likeness (QED) is 0.784. The van der Waals surface area contributed by atoms with Crippen LogP contribution in [0.25, 0.3) is 0 Å². The minimum Gasteiger partial charge on any atom is -0.353 e. The Morgan fingerprint density at radius 2 is 2.31 bits per heavy atom. The van der Waals surface area contributed by atoms with Crippen LogP contribution in [-0.4, -0.2) is 25.1 Å². The molecule has 0 unspecified atom stereocenters. The highest BCUT2D eigenvalue weighted by atomic mass is 15.2. The van der Waals surface area contributed by atoms with Crippen molar-refractivity contribution >= 4 is 5.82 Å². The molecule has 3 heteroatoms. The molecule has 0 saturated heterocycles. The van der Waals surface area contributed by atoms with Crippen LogP contribution < -0.4 is 10.2 Å². The first-order chi connectivity index (χ1) is 7.79. The maximum Gasteiger partial charge on any atom is 0.128 e. The highest BCUT2D eigenvalue weighted by Crippen LogP contribution is 2.17. The Balaban J connectivity index is 2.04. The van der Waals surface area contributed by atoms with Gasteiger partial charge in [-0.15, -0.1) is 0 Å². The molecule has 86 valence electrons. The summed E-state index contributed by atoms with van der Waals surface area (Å²) in [7, 11) is 1.95. The maximum absolute atomic E-state index is 4.50. The topological polar surface area (TPSA) is 28.2 Å². The van der Waals surface area contributed by atoms with Gasteiger partial charge in [0.1, 0.15) is 5.82 Å². The van der Waals surface area contributed by atoms with Crippen molar-refractivity contribution in [1.29, 1.82) is 0 Å². The van der Waals surface area contributed by atoms with Gasteiger partial charge in [-0.05, 0) is 32.0 Å². The normalized spacial score (nSPS) is 16.1. The molecule has 0 bridgehead atoms. The van der Waals surface area contributed by atoms with E-state index in [1.54, 1.807) is 0 Å². The Bertz CT molecular complexity index is 367. The number of nitrogens with zero attached hydrogens (tertiary/aromatic N) is 2. The van der Waals surface area contributed by atoms with Gasteiger partial charge < -0.3 is 10.2 Å². The van der Waals surface area contributed by atoms with Crippen molar-refractivity contribution in [2.45, 2.75) is 19.9 Å². The van der Waals surface area contributed by atoms with Gasteiger partial charge >= 0.3 is 0 Å². The van der Waals surface area contributed by atoms with Gasteiger partial charge in [0.2, 0.25) is 0 Å². The number of rotatable bonds is 3. The van der Waals surface area contributed by atoms with Gasteiger partial charge in [-0.2, -0.15) is 0 Å². The van der Waals surface area contributed by atoms with E-state index >= 15 is 0 Å². The van der Waals surface area contributed by atoms with Crippen molar-refractivity contribution in [1.82, 2.24) is 10.3 Å². The molecule has 1 N–H and O–H groups in total. The van der Waals surface area contributed by atoms with Crippen LogP contribution >= 0.6 is 0 Å². The maximum atomic E-state index is 4.50. The molecule has 0 radical (unpaired) electrons. The summed E-state index contributed by atoms with van der Waals surface area (Å²) in [6.07, 6.45) is 5.39. The summed E-state index contributed by atoms with van der Waals surface area (Å²) in [6.45, 7) is 5.15. The molecule has 3 nitrogen and oxygen atoms in total. The summed E-state index contributed by atoms with van der Waals surface area (Å²) < 4.78 is 0. The van der Waals surface area contributed by atoms with Crippen LogP contribution in [0.1, 0.15) is 18.9 Å².